The zero-order chi connectivity index (χ0) is 15.7. The number of carbonyl (C=O) groups is 1. The fourth-order valence-corrected chi connectivity index (χ4v) is 2.36. The van der Waals surface area contributed by atoms with Crippen LogP contribution in [0.15, 0.2) is 12.1 Å². The topological polar surface area (TPSA) is 46.5 Å². The van der Waals surface area contributed by atoms with E-state index >= 15 is 0 Å². The van der Waals surface area contributed by atoms with Crippen LogP contribution in [0.1, 0.15) is 66.0 Å². The second-order valence-corrected chi connectivity index (χ2v) is 7.16. The number of aromatic hydroxyl groups is 1. The van der Waals surface area contributed by atoms with Crippen LogP contribution in [0.25, 0.3) is 0 Å². The lowest BCUT2D eigenvalue weighted by atomic mass is 9.74. The maximum Gasteiger partial charge on any atom is 0.310 e. The van der Waals surface area contributed by atoms with E-state index in [1.807, 2.05) is 20.8 Å². The fraction of sp³-hybridized carbons (Fsp3) is 0.588. The van der Waals surface area contributed by atoms with Gasteiger partial charge in [-0.1, -0.05) is 48.5 Å². The lowest BCUT2D eigenvalue weighted by Crippen LogP contribution is -2.24. The fourth-order valence-electron chi connectivity index (χ4n) is 2.36. The van der Waals surface area contributed by atoms with E-state index in [1.54, 1.807) is 19.1 Å². The number of hydrogen-bond acceptors (Lipinski definition) is 3. The van der Waals surface area contributed by atoms with Gasteiger partial charge in [0.05, 0.1) is 0 Å². The summed E-state index contributed by atoms with van der Waals surface area (Å²) >= 11 is 0. The van der Waals surface area contributed by atoms with Gasteiger partial charge < -0.3 is 9.84 Å². The molecule has 0 spiro atoms. The maximum absolute atomic E-state index is 11.6. The Bertz CT molecular complexity index is 502. The molecule has 3 heteroatoms. The van der Waals surface area contributed by atoms with E-state index in [1.165, 1.54) is 0 Å². The van der Waals surface area contributed by atoms with E-state index in [-0.39, 0.29) is 22.5 Å². The summed E-state index contributed by atoms with van der Waals surface area (Å²) in [5, 5.41) is 10.3. The molecular formula is C17H26O3. The lowest BCUT2D eigenvalue weighted by molar-refractivity contribution is -0.134. The molecule has 1 aromatic rings. The van der Waals surface area contributed by atoms with E-state index < -0.39 is 0 Å². The van der Waals surface area contributed by atoms with Crippen molar-refractivity contribution in [2.24, 2.45) is 0 Å². The number of phenols is 1. The lowest BCUT2D eigenvalue weighted by Gasteiger charge is -2.32. The quantitative estimate of drug-likeness (QED) is 0.648. The van der Waals surface area contributed by atoms with Gasteiger partial charge in [0, 0.05) is 17.5 Å². The first kappa shape index (κ1) is 16.5. The molecule has 1 aromatic carbocycles. The smallest absolute Gasteiger partial charge is 0.310 e. The van der Waals surface area contributed by atoms with E-state index in [9.17, 15) is 9.90 Å². The highest BCUT2D eigenvalue weighted by Crippen LogP contribution is 2.44. The molecule has 0 aliphatic heterocycles. The summed E-state index contributed by atoms with van der Waals surface area (Å²) in [6.45, 7) is 14.1. The third-order valence-electron chi connectivity index (χ3n) is 3.16. The number of benzene rings is 1. The van der Waals surface area contributed by atoms with Crippen LogP contribution in [0.2, 0.25) is 0 Å². The second kappa shape index (κ2) is 5.47. The standard InChI is InChI=1S/C17H26O3/c1-8-13(19)20-12-10-9-11(18)14(16(2,3)4)15(12)17(5,6)7/h9-10,18H,8H2,1-7H3. The van der Waals surface area contributed by atoms with Gasteiger partial charge in [-0.15, -0.1) is 0 Å². The minimum absolute atomic E-state index is 0.231. The monoisotopic (exact) mass is 278 g/mol. The first-order valence-electron chi connectivity index (χ1n) is 7.06. The Morgan fingerprint density at radius 3 is 1.95 bits per heavy atom. The van der Waals surface area contributed by atoms with E-state index in [0.29, 0.717) is 12.2 Å². The van der Waals surface area contributed by atoms with Crippen molar-refractivity contribution in [1.29, 1.82) is 0 Å². The van der Waals surface area contributed by atoms with Gasteiger partial charge in [-0.25, -0.2) is 0 Å². The number of esters is 1. The minimum Gasteiger partial charge on any atom is -0.508 e. The molecule has 0 fully saturated rings. The van der Waals surface area contributed by atoms with Crippen molar-refractivity contribution in [2.45, 2.75) is 65.7 Å². The Balaban J connectivity index is 3.59. The Morgan fingerprint density at radius 1 is 1.05 bits per heavy atom. The average molecular weight is 278 g/mol. The summed E-state index contributed by atoms with van der Waals surface area (Å²) in [6, 6.07) is 3.28. The highest BCUT2D eigenvalue weighted by molar-refractivity contribution is 5.73. The van der Waals surface area contributed by atoms with Gasteiger partial charge >= 0.3 is 5.97 Å². The molecule has 0 unspecified atom stereocenters. The molecule has 20 heavy (non-hydrogen) atoms. The molecule has 0 saturated heterocycles. The zero-order valence-corrected chi connectivity index (χ0v) is 13.6. The highest BCUT2D eigenvalue weighted by Gasteiger charge is 2.31. The van der Waals surface area contributed by atoms with Crippen LogP contribution in [0, 0.1) is 0 Å². The molecule has 1 rings (SSSR count). The van der Waals surface area contributed by atoms with Gasteiger partial charge in [-0.3, -0.25) is 4.79 Å². The number of ether oxygens (including phenoxy) is 1. The predicted molar refractivity (Wildman–Crippen MR) is 81.4 cm³/mol. The summed E-state index contributed by atoms with van der Waals surface area (Å²) in [5.74, 6) is 0.534. The number of hydrogen-bond donors (Lipinski definition) is 1. The van der Waals surface area contributed by atoms with E-state index in [0.717, 1.165) is 11.1 Å². The maximum atomic E-state index is 11.6. The van der Waals surface area contributed by atoms with Crippen molar-refractivity contribution in [3.63, 3.8) is 0 Å². The summed E-state index contributed by atoms with van der Waals surface area (Å²) in [5.41, 5.74) is 1.27. The first-order valence-corrected chi connectivity index (χ1v) is 7.06. The molecule has 0 atom stereocenters. The molecular weight excluding hydrogens is 252 g/mol. The van der Waals surface area contributed by atoms with Crippen molar-refractivity contribution in [1.82, 2.24) is 0 Å². The van der Waals surface area contributed by atoms with Crippen LogP contribution in [0.5, 0.6) is 11.5 Å². The molecule has 0 amide bonds. The molecule has 0 heterocycles. The van der Waals surface area contributed by atoms with Gasteiger partial charge in [0.2, 0.25) is 0 Å². The van der Waals surface area contributed by atoms with Crippen molar-refractivity contribution in [2.75, 3.05) is 0 Å². The van der Waals surface area contributed by atoms with Crippen molar-refractivity contribution >= 4 is 5.97 Å². The Kier molecular flexibility index (Phi) is 4.52. The SMILES string of the molecule is CCC(=O)Oc1ccc(O)c(C(C)(C)C)c1C(C)(C)C. The van der Waals surface area contributed by atoms with Crippen LogP contribution in [0.4, 0.5) is 0 Å². The number of phenolic OH excluding ortho intramolecular Hbond substituents is 1. The normalized spacial score (nSPS) is 12.3. The molecule has 0 aromatic heterocycles. The Hall–Kier alpha value is -1.51. The summed E-state index contributed by atoms with van der Waals surface area (Å²) in [6.07, 6.45) is 0.329. The molecule has 1 N–H and O–H groups in total. The molecule has 0 saturated carbocycles. The number of carbonyl (C=O) groups excluding carboxylic acids is 1. The predicted octanol–water partition coefficient (Wildman–Crippen LogP) is 4.30. The largest absolute Gasteiger partial charge is 0.508 e. The molecule has 0 radical (unpaired) electrons. The molecule has 112 valence electrons. The van der Waals surface area contributed by atoms with Crippen molar-refractivity contribution < 1.29 is 14.6 Å². The number of rotatable bonds is 2. The third kappa shape index (κ3) is 3.53. The zero-order valence-electron chi connectivity index (χ0n) is 13.6. The van der Waals surface area contributed by atoms with Crippen molar-refractivity contribution in [3.05, 3.63) is 23.3 Å². The third-order valence-corrected chi connectivity index (χ3v) is 3.16. The second-order valence-electron chi connectivity index (χ2n) is 7.16. The Labute approximate surface area is 122 Å². The molecule has 0 bridgehead atoms. The van der Waals surface area contributed by atoms with Crippen LogP contribution in [-0.2, 0) is 15.6 Å². The summed E-state index contributed by atoms with van der Waals surface area (Å²) in [7, 11) is 0. The first-order chi connectivity index (χ1) is 8.98. The summed E-state index contributed by atoms with van der Waals surface area (Å²) in [4.78, 5) is 11.6. The Morgan fingerprint density at radius 2 is 1.55 bits per heavy atom. The molecule has 0 aliphatic carbocycles. The van der Waals surface area contributed by atoms with Gasteiger partial charge in [0.15, 0.2) is 0 Å². The van der Waals surface area contributed by atoms with Crippen LogP contribution >= 0.6 is 0 Å². The van der Waals surface area contributed by atoms with Crippen LogP contribution in [-0.4, -0.2) is 11.1 Å². The molecule has 0 aliphatic rings. The molecule has 3 nitrogen and oxygen atoms in total. The van der Waals surface area contributed by atoms with Gasteiger partial charge in [0.1, 0.15) is 11.5 Å². The minimum atomic E-state index is -0.263. The van der Waals surface area contributed by atoms with Gasteiger partial charge in [-0.2, -0.15) is 0 Å². The van der Waals surface area contributed by atoms with Gasteiger partial charge in [-0.05, 0) is 23.0 Å². The van der Waals surface area contributed by atoms with E-state index in [4.69, 9.17) is 4.74 Å². The van der Waals surface area contributed by atoms with Crippen LogP contribution < -0.4 is 4.74 Å². The van der Waals surface area contributed by atoms with Crippen molar-refractivity contribution in [3.8, 4) is 11.5 Å². The average Bonchev–Trinajstić information content (AvgIpc) is 2.27. The van der Waals surface area contributed by atoms with E-state index in [2.05, 4.69) is 20.8 Å². The van der Waals surface area contributed by atoms with Gasteiger partial charge in [0.25, 0.3) is 0 Å². The van der Waals surface area contributed by atoms with Crippen LogP contribution in [0.3, 0.4) is 0 Å². The summed E-state index contributed by atoms with van der Waals surface area (Å²) < 4.78 is 5.46. The highest BCUT2D eigenvalue weighted by atomic mass is 16.5.